The number of para-hydroxylation sites is 3. The van der Waals surface area contributed by atoms with Crippen LogP contribution >= 0.6 is 0 Å². The minimum Gasteiger partial charge on any atom is -0.509 e. The second-order valence-electron chi connectivity index (χ2n) is 14.9. The van der Waals surface area contributed by atoms with Crippen molar-refractivity contribution in [3.8, 4) is 17.3 Å². The first kappa shape index (κ1) is 35.2. The van der Waals surface area contributed by atoms with Gasteiger partial charge in [0.15, 0.2) is 0 Å². The van der Waals surface area contributed by atoms with E-state index in [-0.39, 0.29) is 21.1 Å². The Morgan fingerprint density at radius 3 is 2.00 bits per heavy atom. The third-order valence-corrected chi connectivity index (χ3v) is 11.5. The standard InChI is InChI=1S/C53H33N4O.Pt/c1-34-12-10-15-37(30-34)55-33-56(49-23-9-8-22-48(49)55)38-16-11-17-39(31-38)58-40-26-28-44-43-20-6-7-21-47(43)57(50(44)32-40)53-45-27-24-35-13-2-4-18-41(35)51(45)52-42-19-5-3-14-36(42)25-29-46(52)54-53;/h2-30,33H,1H3;/q-3;. The van der Waals surface area contributed by atoms with Gasteiger partial charge in [-0.15, -0.1) is 48.1 Å². The molecule has 12 rings (SSSR count). The van der Waals surface area contributed by atoms with Crippen LogP contribution < -0.4 is 14.5 Å². The summed E-state index contributed by atoms with van der Waals surface area (Å²) in [4.78, 5) is 9.89. The van der Waals surface area contributed by atoms with E-state index in [1.807, 2.05) is 18.2 Å². The molecule has 0 saturated carbocycles. The maximum Gasteiger partial charge on any atom is 0.144 e. The predicted octanol–water partition coefficient (Wildman–Crippen LogP) is 13.9. The largest absolute Gasteiger partial charge is 0.509 e. The molecule has 0 fully saturated rings. The third-order valence-electron chi connectivity index (χ3n) is 11.5. The van der Waals surface area contributed by atoms with E-state index in [1.54, 1.807) is 0 Å². The van der Waals surface area contributed by atoms with E-state index in [4.69, 9.17) is 9.72 Å². The SMILES string of the molecule is Cc1cccc(N2[CH-]N(c3[c-]c(Oc4[c-]c5c(cc4)c4ccccc4n5-c4nc5ccc6ccccc6c5c5c4ccc4ccccc45)ccc3)c3ccccc32)c1.[Pt]. The van der Waals surface area contributed by atoms with E-state index in [2.05, 4.69) is 198 Å². The molecule has 1 aliphatic heterocycles. The first-order valence-electron chi connectivity index (χ1n) is 19.5. The molecule has 5 nitrogen and oxygen atoms in total. The van der Waals surface area contributed by atoms with Crippen molar-refractivity contribution in [3.05, 3.63) is 200 Å². The molecular formula is C53H33N4OPt-3. The van der Waals surface area contributed by atoms with E-state index < -0.39 is 0 Å². The number of aryl methyl sites for hydroxylation is 1. The Morgan fingerprint density at radius 1 is 0.525 bits per heavy atom. The molecule has 0 saturated heterocycles. The van der Waals surface area contributed by atoms with Gasteiger partial charge in [0.25, 0.3) is 0 Å². The van der Waals surface area contributed by atoms with Crippen LogP contribution in [0.4, 0.5) is 22.7 Å². The number of anilines is 4. The molecule has 9 aromatic carbocycles. The second kappa shape index (κ2) is 13.9. The van der Waals surface area contributed by atoms with Gasteiger partial charge >= 0.3 is 0 Å². The fourth-order valence-electron chi connectivity index (χ4n) is 8.88. The monoisotopic (exact) mass is 936 g/mol. The van der Waals surface area contributed by atoms with Crippen LogP contribution in [0, 0.1) is 25.7 Å². The van der Waals surface area contributed by atoms with Crippen molar-refractivity contribution in [1.82, 2.24) is 9.55 Å². The van der Waals surface area contributed by atoms with Gasteiger partial charge in [0, 0.05) is 71.3 Å². The van der Waals surface area contributed by atoms with E-state index in [0.29, 0.717) is 11.5 Å². The average molecular weight is 937 g/mol. The Balaban J connectivity index is 0.00000397. The van der Waals surface area contributed by atoms with Gasteiger partial charge in [-0.1, -0.05) is 109 Å². The summed E-state index contributed by atoms with van der Waals surface area (Å²) in [7, 11) is 0. The number of benzene rings is 9. The minimum atomic E-state index is 0. The molecule has 0 aliphatic carbocycles. The summed E-state index contributed by atoms with van der Waals surface area (Å²) in [6.45, 7) is 4.24. The van der Waals surface area contributed by atoms with Gasteiger partial charge in [-0.3, -0.25) is 0 Å². The van der Waals surface area contributed by atoms with Crippen molar-refractivity contribution in [2.24, 2.45) is 0 Å². The molecule has 0 radical (unpaired) electrons. The fraction of sp³-hybridized carbons (Fsp3) is 0.0189. The molecule has 1 aliphatic rings. The number of ether oxygens (including phenoxy) is 1. The molecule has 3 heterocycles. The van der Waals surface area contributed by atoms with Gasteiger partial charge in [-0.05, 0) is 81.9 Å². The molecule has 6 heteroatoms. The van der Waals surface area contributed by atoms with Crippen molar-refractivity contribution in [3.63, 3.8) is 0 Å². The molecule has 0 amide bonds. The van der Waals surface area contributed by atoms with E-state index in [1.165, 1.54) is 32.5 Å². The Bertz CT molecular complexity index is 3460. The summed E-state index contributed by atoms with van der Waals surface area (Å²) in [6, 6.07) is 69.0. The zero-order valence-corrected chi connectivity index (χ0v) is 34.1. The molecule has 11 aromatic rings. The quantitative estimate of drug-likeness (QED) is 0.127. The molecular weight excluding hydrogens is 904 g/mol. The fourth-order valence-corrected chi connectivity index (χ4v) is 8.88. The number of aromatic nitrogens is 2. The van der Waals surface area contributed by atoms with Crippen molar-refractivity contribution in [1.29, 1.82) is 0 Å². The third kappa shape index (κ3) is 5.61. The number of nitrogens with zero attached hydrogens (tertiary/aromatic N) is 4. The van der Waals surface area contributed by atoms with Crippen LogP contribution in [0.3, 0.4) is 0 Å². The summed E-state index contributed by atoms with van der Waals surface area (Å²) < 4.78 is 8.92. The number of fused-ring (bicyclic) bond motifs is 11. The first-order valence-corrected chi connectivity index (χ1v) is 19.5. The molecule has 0 atom stereocenters. The average Bonchev–Trinajstić information content (AvgIpc) is 3.82. The van der Waals surface area contributed by atoms with Gasteiger partial charge in [-0.25, -0.2) is 4.98 Å². The van der Waals surface area contributed by atoms with Gasteiger partial charge < -0.3 is 19.1 Å². The molecule has 59 heavy (non-hydrogen) atoms. The van der Waals surface area contributed by atoms with Crippen LogP contribution in [0.5, 0.6) is 11.5 Å². The van der Waals surface area contributed by atoms with Crippen LogP contribution in [0.1, 0.15) is 5.56 Å². The Kier molecular flexibility index (Phi) is 8.28. The van der Waals surface area contributed by atoms with Crippen LogP contribution in [0.2, 0.25) is 0 Å². The smallest absolute Gasteiger partial charge is 0.144 e. The normalized spacial score (nSPS) is 12.6. The topological polar surface area (TPSA) is 33.5 Å². The molecule has 0 N–H and O–H groups in total. The Labute approximate surface area is 355 Å². The molecule has 0 unspecified atom stereocenters. The van der Waals surface area contributed by atoms with Crippen LogP contribution in [-0.4, -0.2) is 9.55 Å². The van der Waals surface area contributed by atoms with Gasteiger partial charge in [0.05, 0.1) is 5.52 Å². The molecule has 2 aromatic heterocycles. The van der Waals surface area contributed by atoms with Crippen LogP contribution in [-0.2, 0) is 21.1 Å². The Hall–Kier alpha value is -6.94. The second-order valence-corrected chi connectivity index (χ2v) is 14.9. The number of pyridine rings is 1. The number of hydrogen-bond donors (Lipinski definition) is 0. The van der Waals surface area contributed by atoms with Crippen LogP contribution in [0.15, 0.2) is 176 Å². The maximum absolute atomic E-state index is 6.65. The van der Waals surface area contributed by atoms with Crippen molar-refractivity contribution in [2.75, 3.05) is 9.80 Å². The summed E-state index contributed by atoms with van der Waals surface area (Å²) in [5.74, 6) is 2.06. The summed E-state index contributed by atoms with van der Waals surface area (Å²) in [5, 5.41) is 10.4. The molecule has 284 valence electrons. The predicted molar refractivity (Wildman–Crippen MR) is 239 cm³/mol. The van der Waals surface area contributed by atoms with Gasteiger partial charge in [0.1, 0.15) is 5.82 Å². The molecule has 0 spiro atoms. The first-order chi connectivity index (χ1) is 28.7. The van der Waals surface area contributed by atoms with Gasteiger partial charge in [0.2, 0.25) is 0 Å². The zero-order chi connectivity index (χ0) is 38.3. The van der Waals surface area contributed by atoms with Crippen LogP contribution in [0.25, 0.3) is 70.8 Å². The summed E-state index contributed by atoms with van der Waals surface area (Å²) >= 11 is 0. The van der Waals surface area contributed by atoms with E-state index in [9.17, 15) is 0 Å². The Morgan fingerprint density at radius 2 is 1.19 bits per heavy atom. The van der Waals surface area contributed by atoms with Gasteiger partial charge in [-0.2, -0.15) is 12.1 Å². The van der Waals surface area contributed by atoms with Crippen molar-refractivity contribution < 1.29 is 25.8 Å². The van der Waals surface area contributed by atoms with Crippen molar-refractivity contribution in [2.45, 2.75) is 6.92 Å². The zero-order valence-electron chi connectivity index (χ0n) is 31.8. The summed E-state index contributed by atoms with van der Waals surface area (Å²) in [6.07, 6.45) is 0. The number of hydrogen-bond acceptors (Lipinski definition) is 4. The summed E-state index contributed by atoms with van der Waals surface area (Å²) in [5.41, 5.74) is 8.28. The minimum absolute atomic E-state index is 0. The van der Waals surface area contributed by atoms with Crippen molar-refractivity contribution >= 4 is 87.8 Å². The number of rotatable bonds is 5. The molecule has 0 bridgehead atoms. The maximum atomic E-state index is 6.65. The van der Waals surface area contributed by atoms with E-state index >= 15 is 0 Å². The van der Waals surface area contributed by atoms with E-state index in [0.717, 1.165) is 66.7 Å².